The van der Waals surface area contributed by atoms with Crippen LogP contribution in [0.1, 0.15) is 21.6 Å². The summed E-state index contributed by atoms with van der Waals surface area (Å²) in [5, 5.41) is 4.72. The van der Waals surface area contributed by atoms with Crippen molar-refractivity contribution < 1.29 is 13.2 Å². The molecule has 3 heterocycles. The highest BCUT2D eigenvalue weighted by molar-refractivity contribution is 7.91. The van der Waals surface area contributed by atoms with Gasteiger partial charge in [0.2, 0.25) is 0 Å². The Hall–Kier alpha value is -1.91. The predicted octanol–water partition coefficient (Wildman–Crippen LogP) is 3.75. The summed E-state index contributed by atoms with van der Waals surface area (Å²) in [6.45, 7) is 3.18. The van der Waals surface area contributed by atoms with Gasteiger partial charge in [-0.25, -0.2) is 13.1 Å². The number of carbonyl (C=O) groups is 1. The maximum absolute atomic E-state index is 13.1. The Morgan fingerprint density at radius 1 is 1.06 bits per heavy atom. The Morgan fingerprint density at radius 3 is 2.35 bits per heavy atom. The number of aryl methyl sites for hydroxylation is 1. The second-order valence-electron chi connectivity index (χ2n) is 7.15. The van der Waals surface area contributed by atoms with E-state index in [1.165, 1.54) is 10.4 Å². The lowest BCUT2D eigenvalue weighted by Crippen LogP contribution is -2.50. The van der Waals surface area contributed by atoms with Gasteiger partial charge < -0.3 is 4.90 Å². The molecule has 0 aliphatic carbocycles. The second kappa shape index (κ2) is 8.91. The molecular formula is C20H20Cl2N4O3S2. The lowest BCUT2D eigenvalue weighted by molar-refractivity contribution is 0.0697. The van der Waals surface area contributed by atoms with Crippen LogP contribution in [0.4, 0.5) is 0 Å². The Balaban J connectivity index is 1.47. The average Bonchev–Trinajstić information content (AvgIpc) is 3.32. The second-order valence-corrected chi connectivity index (χ2v) is 11.4. The van der Waals surface area contributed by atoms with Crippen molar-refractivity contribution in [1.29, 1.82) is 0 Å². The number of carbonyl (C=O) groups excluding carboxylic acids is 1. The number of aromatic nitrogens is 2. The van der Waals surface area contributed by atoms with Gasteiger partial charge in [-0.3, -0.25) is 4.79 Å². The van der Waals surface area contributed by atoms with E-state index >= 15 is 0 Å². The number of hydrogen-bond acceptors (Lipinski definition) is 5. The molecule has 1 aromatic carbocycles. The number of sulfonamides is 1. The van der Waals surface area contributed by atoms with Crippen LogP contribution in [0.25, 0.3) is 0 Å². The van der Waals surface area contributed by atoms with E-state index in [-0.39, 0.29) is 41.4 Å². The van der Waals surface area contributed by atoms with Crippen LogP contribution in [-0.4, -0.2) is 59.5 Å². The van der Waals surface area contributed by atoms with E-state index in [2.05, 4.69) is 5.10 Å². The fraction of sp³-hybridized carbons (Fsp3) is 0.300. The molecule has 1 amide bonds. The third kappa shape index (κ3) is 4.51. The van der Waals surface area contributed by atoms with E-state index in [9.17, 15) is 13.2 Å². The zero-order valence-electron chi connectivity index (χ0n) is 16.7. The molecule has 0 bridgehead atoms. The van der Waals surface area contributed by atoms with Crippen molar-refractivity contribution in [1.82, 2.24) is 19.0 Å². The normalized spacial score (nSPS) is 15.4. The summed E-state index contributed by atoms with van der Waals surface area (Å²) in [5.74, 6) is -0.238. The first kappa shape index (κ1) is 22.3. The van der Waals surface area contributed by atoms with E-state index in [1.807, 2.05) is 30.3 Å². The van der Waals surface area contributed by atoms with Crippen molar-refractivity contribution in [2.24, 2.45) is 0 Å². The highest BCUT2D eigenvalue weighted by Gasteiger charge is 2.33. The average molecular weight is 499 g/mol. The van der Waals surface area contributed by atoms with Gasteiger partial charge in [-0.1, -0.05) is 53.5 Å². The lowest BCUT2D eigenvalue weighted by atomic mass is 10.2. The summed E-state index contributed by atoms with van der Waals surface area (Å²) in [6.07, 6.45) is 0. The van der Waals surface area contributed by atoms with Crippen LogP contribution in [0.5, 0.6) is 0 Å². The summed E-state index contributed by atoms with van der Waals surface area (Å²) in [5.41, 5.74) is 1.94. The van der Waals surface area contributed by atoms with Crippen molar-refractivity contribution in [3.05, 3.63) is 68.8 Å². The number of rotatable bonds is 5. The van der Waals surface area contributed by atoms with Crippen LogP contribution in [0.3, 0.4) is 0 Å². The van der Waals surface area contributed by atoms with Crippen molar-refractivity contribution in [2.75, 3.05) is 26.2 Å². The Labute approximate surface area is 194 Å². The Kier molecular flexibility index (Phi) is 6.41. The maximum Gasteiger partial charge on any atom is 0.258 e. The van der Waals surface area contributed by atoms with Crippen molar-refractivity contribution in [3.63, 3.8) is 0 Å². The minimum Gasteiger partial charge on any atom is -0.336 e. The minimum atomic E-state index is -3.61. The standard InChI is InChI=1S/C20H20Cl2N4O3S2/c1-14-18(19(22)26(23-14)13-15-5-3-2-4-6-15)20(27)24-9-11-25(12-10-24)31(28,29)17-8-7-16(21)30-17/h2-8H,9-13H2,1H3. The third-order valence-electron chi connectivity index (χ3n) is 5.12. The number of benzene rings is 1. The van der Waals surface area contributed by atoms with Gasteiger partial charge in [0.15, 0.2) is 0 Å². The Morgan fingerprint density at radius 2 is 1.74 bits per heavy atom. The summed E-state index contributed by atoms with van der Waals surface area (Å²) in [7, 11) is -3.61. The van der Waals surface area contributed by atoms with E-state index in [1.54, 1.807) is 22.6 Å². The summed E-state index contributed by atoms with van der Waals surface area (Å²) >= 11 is 13.4. The zero-order chi connectivity index (χ0) is 22.2. The zero-order valence-corrected chi connectivity index (χ0v) is 19.8. The van der Waals surface area contributed by atoms with Gasteiger partial charge in [0, 0.05) is 26.2 Å². The first-order valence-corrected chi connectivity index (χ1v) is 12.6. The number of thiophene rings is 1. The van der Waals surface area contributed by atoms with Crippen LogP contribution in [0, 0.1) is 6.92 Å². The molecule has 11 heteroatoms. The van der Waals surface area contributed by atoms with Crippen LogP contribution < -0.4 is 0 Å². The molecule has 0 saturated carbocycles. The highest BCUT2D eigenvalue weighted by atomic mass is 35.5. The van der Waals surface area contributed by atoms with Gasteiger partial charge in [0.1, 0.15) is 9.36 Å². The molecule has 3 aromatic rings. The summed E-state index contributed by atoms with van der Waals surface area (Å²) in [6, 6.07) is 12.8. The monoisotopic (exact) mass is 498 g/mol. The molecule has 7 nitrogen and oxygen atoms in total. The fourth-order valence-corrected chi connectivity index (χ4v) is 6.89. The number of hydrogen-bond donors (Lipinski definition) is 0. The van der Waals surface area contributed by atoms with Crippen LogP contribution >= 0.6 is 34.5 Å². The molecule has 164 valence electrons. The molecular weight excluding hydrogens is 479 g/mol. The van der Waals surface area contributed by atoms with Crippen LogP contribution in [0.2, 0.25) is 9.49 Å². The molecule has 0 unspecified atom stereocenters. The summed E-state index contributed by atoms with van der Waals surface area (Å²) in [4.78, 5) is 14.8. The molecule has 1 aliphatic rings. The number of nitrogens with zero attached hydrogens (tertiary/aromatic N) is 4. The van der Waals surface area contributed by atoms with Gasteiger partial charge in [0.05, 0.1) is 22.1 Å². The van der Waals surface area contributed by atoms with Crippen molar-refractivity contribution >= 4 is 50.5 Å². The van der Waals surface area contributed by atoms with Crippen LogP contribution in [-0.2, 0) is 16.6 Å². The first-order valence-electron chi connectivity index (χ1n) is 9.59. The molecule has 0 radical (unpaired) electrons. The number of amides is 1. The van der Waals surface area contributed by atoms with Gasteiger partial charge in [-0.2, -0.15) is 9.40 Å². The predicted molar refractivity (Wildman–Crippen MR) is 122 cm³/mol. The minimum absolute atomic E-state index is 0.207. The molecule has 0 atom stereocenters. The molecule has 2 aromatic heterocycles. The molecule has 0 spiro atoms. The molecule has 1 fully saturated rings. The Bertz CT molecular complexity index is 1200. The maximum atomic E-state index is 13.1. The van der Waals surface area contributed by atoms with Gasteiger partial charge >= 0.3 is 0 Å². The smallest absolute Gasteiger partial charge is 0.258 e. The number of piperazine rings is 1. The van der Waals surface area contributed by atoms with Crippen LogP contribution in [0.15, 0.2) is 46.7 Å². The molecule has 1 aliphatic heterocycles. The van der Waals surface area contributed by atoms with E-state index in [0.29, 0.717) is 22.1 Å². The topological polar surface area (TPSA) is 75.5 Å². The quantitative estimate of drug-likeness (QED) is 0.536. The first-order chi connectivity index (χ1) is 14.8. The highest BCUT2D eigenvalue weighted by Crippen LogP contribution is 2.29. The largest absolute Gasteiger partial charge is 0.336 e. The summed E-state index contributed by atoms with van der Waals surface area (Å²) < 4.78 is 29.2. The SMILES string of the molecule is Cc1nn(Cc2ccccc2)c(Cl)c1C(=O)N1CCN(S(=O)(=O)c2ccc(Cl)s2)CC1. The third-order valence-corrected chi connectivity index (χ3v) is 9.10. The van der Waals surface area contributed by atoms with E-state index in [4.69, 9.17) is 23.2 Å². The fourth-order valence-electron chi connectivity index (χ4n) is 3.51. The van der Waals surface area contributed by atoms with E-state index in [0.717, 1.165) is 16.9 Å². The van der Waals surface area contributed by atoms with Crippen molar-refractivity contribution in [2.45, 2.75) is 17.7 Å². The van der Waals surface area contributed by atoms with Gasteiger partial charge in [-0.15, -0.1) is 11.3 Å². The van der Waals surface area contributed by atoms with Gasteiger partial charge in [0.25, 0.3) is 15.9 Å². The molecule has 31 heavy (non-hydrogen) atoms. The van der Waals surface area contributed by atoms with Crippen molar-refractivity contribution in [3.8, 4) is 0 Å². The molecule has 0 N–H and O–H groups in total. The molecule has 1 saturated heterocycles. The molecule has 4 rings (SSSR count). The van der Waals surface area contributed by atoms with E-state index < -0.39 is 10.0 Å². The number of halogens is 2. The lowest BCUT2D eigenvalue weighted by Gasteiger charge is -2.33. The van der Waals surface area contributed by atoms with Gasteiger partial charge in [-0.05, 0) is 24.6 Å².